The predicted molar refractivity (Wildman–Crippen MR) is 101 cm³/mol. The van der Waals surface area contributed by atoms with Crippen molar-refractivity contribution >= 4 is 12.0 Å². The smallest absolute Gasteiger partial charge is 0.248 e. The van der Waals surface area contributed by atoms with Gasteiger partial charge in [0.25, 0.3) is 0 Å². The van der Waals surface area contributed by atoms with Crippen LogP contribution in [-0.4, -0.2) is 15.5 Å². The lowest BCUT2D eigenvalue weighted by atomic mass is 9.78. The lowest BCUT2D eigenvalue weighted by molar-refractivity contribution is -0.682. The second kappa shape index (κ2) is 6.51. The average Bonchev–Trinajstić information content (AvgIpc) is 2.92. The first-order chi connectivity index (χ1) is 11.4. The molecule has 4 heteroatoms. The van der Waals surface area contributed by atoms with Crippen LogP contribution in [0.15, 0.2) is 37.4 Å². The van der Waals surface area contributed by atoms with Crippen LogP contribution in [0.1, 0.15) is 63.0 Å². The van der Waals surface area contributed by atoms with Gasteiger partial charge in [-0.1, -0.05) is 48.1 Å². The van der Waals surface area contributed by atoms with Gasteiger partial charge in [0.15, 0.2) is 6.54 Å². The summed E-state index contributed by atoms with van der Waals surface area (Å²) in [7, 11) is 0. The van der Waals surface area contributed by atoms with Crippen LogP contribution in [0.5, 0.6) is 5.75 Å². The largest absolute Gasteiger partial charge is 0.507 e. The number of phenolic OH excluding ortho intramolecular Hbond substituents is 1. The quantitative estimate of drug-likeness (QED) is 0.673. The third kappa shape index (κ3) is 4.19. The van der Waals surface area contributed by atoms with Gasteiger partial charge in [0.1, 0.15) is 18.1 Å². The SMILES string of the molecule is C=Cn1cc[n+](CC(=O)c2cc(C(C)(C)C)c(O)c(C(C)(C)C)c2)c1. The maximum Gasteiger partial charge on any atom is 0.248 e. The Balaban J connectivity index is 2.49. The molecule has 0 aliphatic carbocycles. The molecule has 0 saturated heterocycles. The van der Waals surface area contributed by atoms with Gasteiger partial charge in [0, 0.05) is 16.7 Å². The van der Waals surface area contributed by atoms with E-state index in [0.717, 1.165) is 11.1 Å². The van der Waals surface area contributed by atoms with Crippen LogP contribution in [0, 0.1) is 0 Å². The number of rotatable bonds is 4. The molecule has 0 saturated carbocycles. The van der Waals surface area contributed by atoms with Crippen molar-refractivity contribution < 1.29 is 14.5 Å². The maximum atomic E-state index is 12.8. The fraction of sp³-hybridized carbons (Fsp3) is 0.429. The summed E-state index contributed by atoms with van der Waals surface area (Å²) in [5, 5.41) is 10.8. The van der Waals surface area contributed by atoms with Gasteiger partial charge in [-0.05, 0) is 23.0 Å². The van der Waals surface area contributed by atoms with Crippen LogP contribution in [0.3, 0.4) is 0 Å². The minimum absolute atomic E-state index is 0.0165. The molecule has 0 aliphatic rings. The monoisotopic (exact) mass is 341 g/mol. The highest BCUT2D eigenvalue weighted by atomic mass is 16.3. The Bertz CT molecular complexity index is 767. The highest BCUT2D eigenvalue weighted by Crippen LogP contribution is 2.39. The number of nitrogens with zero attached hydrogens (tertiary/aromatic N) is 2. The number of aromatic nitrogens is 2. The van der Waals surface area contributed by atoms with Crippen molar-refractivity contribution in [2.75, 3.05) is 0 Å². The van der Waals surface area contributed by atoms with E-state index in [4.69, 9.17) is 0 Å². The zero-order valence-electron chi connectivity index (χ0n) is 16.1. The molecular weight excluding hydrogens is 312 g/mol. The van der Waals surface area contributed by atoms with E-state index >= 15 is 0 Å². The highest BCUT2D eigenvalue weighted by Gasteiger charge is 2.28. The first-order valence-electron chi connectivity index (χ1n) is 8.53. The molecule has 0 amide bonds. The van der Waals surface area contributed by atoms with Gasteiger partial charge in [-0.15, -0.1) is 0 Å². The number of hydrogen-bond acceptors (Lipinski definition) is 2. The minimum atomic E-state index is -0.250. The highest BCUT2D eigenvalue weighted by molar-refractivity contribution is 5.96. The van der Waals surface area contributed by atoms with Gasteiger partial charge in [-0.2, -0.15) is 0 Å². The van der Waals surface area contributed by atoms with Crippen molar-refractivity contribution in [1.29, 1.82) is 0 Å². The summed E-state index contributed by atoms with van der Waals surface area (Å²) in [6.07, 6.45) is 7.19. The van der Waals surface area contributed by atoms with Crippen molar-refractivity contribution in [2.24, 2.45) is 0 Å². The van der Waals surface area contributed by atoms with Gasteiger partial charge >= 0.3 is 0 Å². The topological polar surface area (TPSA) is 46.1 Å². The number of benzene rings is 1. The number of imidazole rings is 1. The van der Waals surface area contributed by atoms with Crippen molar-refractivity contribution in [3.63, 3.8) is 0 Å². The minimum Gasteiger partial charge on any atom is -0.507 e. The molecule has 0 aliphatic heterocycles. The molecule has 0 unspecified atom stereocenters. The number of carbonyl (C=O) groups is 1. The zero-order valence-corrected chi connectivity index (χ0v) is 16.1. The summed E-state index contributed by atoms with van der Waals surface area (Å²) in [4.78, 5) is 12.8. The molecule has 0 bridgehead atoms. The molecule has 134 valence electrons. The number of aromatic hydroxyl groups is 1. The first-order valence-corrected chi connectivity index (χ1v) is 8.53. The van der Waals surface area contributed by atoms with E-state index < -0.39 is 0 Å². The third-order valence-electron chi connectivity index (χ3n) is 4.30. The standard InChI is InChI=1S/C21H28N2O2/c1-8-22-9-10-23(14-22)13-18(24)15-11-16(20(2,3)4)19(25)17(12-15)21(5,6)7/h8-12,14H,1,13H2,2-7H3/p+1. The lowest BCUT2D eigenvalue weighted by Crippen LogP contribution is -2.36. The molecule has 2 rings (SSSR count). The average molecular weight is 341 g/mol. The van der Waals surface area contributed by atoms with E-state index in [1.165, 1.54) is 0 Å². The van der Waals surface area contributed by atoms with Gasteiger partial charge in [0.2, 0.25) is 12.1 Å². The molecule has 1 N–H and O–H groups in total. The molecule has 1 aromatic carbocycles. The van der Waals surface area contributed by atoms with E-state index in [2.05, 4.69) is 6.58 Å². The van der Waals surface area contributed by atoms with Crippen molar-refractivity contribution in [2.45, 2.75) is 58.9 Å². The normalized spacial score (nSPS) is 12.2. The van der Waals surface area contributed by atoms with E-state index in [0.29, 0.717) is 11.3 Å². The summed E-state index contributed by atoms with van der Waals surface area (Å²) in [5.74, 6) is 0.310. The van der Waals surface area contributed by atoms with Gasteiger partial charge in [-0.25, -0.2) is 9.13 Å². The zero-order chi connectivity index (χ0) is 19.0. The number of phenols is 1. The molecule has 0 radical (unpaired) electrons. The fourth-order valence-corrected chi connectivity index (χ4v) is 2.81. The van der Waals surface area contributed by atoms with Crippen LogP contribution in [0.4, 0.5) is 0 Å². The Labute approximate surface area is 150 Å². The molecule has 0 fully saturated rings. The summed E-state index contributed by atoms with van der Waals surface area (Å²) < 4.78 is 3.62. The predicted octanol–water partition coefficient (Wildman–Crippen LogP) is 4.06. The van der Waals surface area contributed by atoms with Gasteiger partial charge in [0.05, 0.1) is 6.20 Å². The van der Waals surface area contributed by atoms with Gasteiger partial charge in [-0.3, -0.25) is 4.79 Å². The maximum absolute atomic E-state index is 12.8. The lowest BCUT2D eigenvalue weighted by Gasteiger charge is -2.28. The van der Waals surface area contributed by atoms with Crippen LogP contribution in [-0.2, 0) is 17.4 Å². The van der Waals surface area contributed by atoms with Crippen molar-refractivity contribution in [1.82, 2.24) is 4.57 Å². The Morgan fingerprint density at radius 3 is 2.08 bits per heavy atom. The molecule has 4 nitrogen and oxygen atoms in total. The number of hydrogen-bond donors (Lipinski definition) is 1. The first kappa shape index (κ1) is 19.0. The summed E-state index contributed by atoms with van der Waals surface area (Å²) in [6, 6.07) is 3.66. The van der Waals surface area contributed by atoms with Crippen LogP contribution >= 0.6 is 0 Å². The molecule has 0 spiro atoms. The van der Waals surface area contributed by atoms with Crippen LogP contribution < -0.4 is 4.57 Å². The summed E-state index contributed by atoms with van der Waals surface area (Å²) in [6.45, 7) is 16.2. The molecule has 0 atom stereocenters. The van der Waals surface area contributed by atoms with Crippen molar-refractivity contribution in [3.8, 4) is 5.75 Å². The van der Waals surface area contributed by atoms with Crippen LogP contribution in [0.25, 0.3) is 6.20 Å². The van der Waals surface area contributed by atoms with E-state index in [-0.39, 0.29) is 23.2 Å². The van der Waals surface area contributed by atoms with Crippen molar-refractivity contribution in [3.05, 3.63) is 54.1 Å². The number of ketones is 1. The Hall–Kier alpha value is -2.36. The molecule has 1 aromatic heterocycles. The second-order valence-electron chi connectivity index (χ2n) is 8.56. The Kier molecular flexibility index (Phi) is 4.94. The second-order valence-corrected chi connectivity index (χ2v) is 8.56. The van der Waals surface area contributed by atoms with E-state index in [9.17, 15) is 9.90 Å². The molecule has 25 heavy (non-hydrogen) atoms. The van der Waals surface area contributed by atoms with E-state index in [1.54, 1.807) is 10.8 Å². The number of Topliss-reactive ketones (excluding diaryl/α,β-unsaturated/α-hetero) is 1. The number of carbonyl (C=O) groups excluding carboxylic acids is 1. The Morgan fingerprint density at radius 2 is 1.68 bits per heavy atom. The fourth-order valence-electron chi connectivity index (χ4n) is 2.81. The van der Waals surface area contributed by atoms with Crippen LogP contribution in [0.2, 0.25) is 0 Å². The summed E-state index contributed by atoms with van der Waals surface area (Å²) in [5.41, 5.74) is 1.74. The van der Waals surface area contributed by atoms with E-state index in [1.807, 2.05) is 77.0 Å². The molecular formula is C21H29N2O2+. The molecule has 1 heterocycles. The molecule has 2 aromatic rings. The summed E-state index contributed by atoms with van der Waals surface area (Å²) >= 11 is 0. The van der Waals surface area contributed by atoms with Gasteiger partial charge < -0.3 is 5.11 Å². The Morgan fingerprint density at radius 1 is 1.16 bits per heavy atom. The third-order valence-corrected chi connectivity index (χ3v) is 4.30.